The van der Waals surface area contributed by atoms with Crippen LogP contribution < -0.4 is 5.32 Å². The highest BCUT2D eigenvalue weighted by atomic mass is 35.5. The first-order valence-electron chi connectivity index (χ1n) is 8.72. The minimum absolute atomic E-state index is 0.0522. The Morgan fingerprint density at radius 1 is 1.08 bits per heavy atom. The van der Waals surface area contributed by atoms with E-state index in [0.29, 0.717) is 10.6 Å². The number of benzene rings is 2. The predicted octanol–water partition coefficient (Wildman–Crippen LogP) is 4.79. The van der Waals surface area contributed by atoms with Crippen molar-refractivity contribution < 1.29 is 4.79 Å². The van der Waals surface area contributed by atoms with Crippen molar-refractivity contribution in [3.63, 3.8) is 0 Å². The summed E-state index contributed by atoms with van der Waals surface area (Å²) in [5.41, 5.74) is 1.78. The summed E-state index contributed by atoms with van der Waals surface area (Å²) < 4.78 is 0. The molecule has 2 aromatic rings. The van der Waals surface area contributed by atoms with Crippen LogP contribution in [0.25, 0.3) is 0 Å². The van der Waals surface area contributed by atoms with Crippen molar-refractivity contribution in [2.24, 2.45) is 5.92 Å². The SMILES string of the molecule is CCC(NC(=O)c1ccccc1Cl)C(C)C(c1ccccc1)N(C)C. The molecule has 3 unspecified atom stereocenters. The number of hydrogen-bond acceptors (Lipinski definition) is 2. The molecule has 1 N–H and O–H groups in total. The average molecular weight is 359 g/mol. The quantitative estimate of drug-likeness (QED) is 0.771. The second-order valence-corrected chi connectivity index (χ2v) is 7.05. The summed E-state index contributed by atoms with van der Waals surface area (Å²) in [6.45, 7) is 4.30. The minimum Gasteiger partial charge on any atom is -0.349 e. The van der Waals surface area contributed by atoms with E-state index in [4.69, 9.17) is 11.6 Å². The van der Waals surface area contributed by atoms with Gasteiger partial charge in [-0.3, -0.25) is 4.79 Å². The molecule has 0 saturated carbocycles. The highest BCUT2D eigenvalue weighted by Gasteiger charge is 2.29. The lowest BCUT2D eigenvalue weighted by Crippen LogP contribution is -2.43. The van der Waals surface area contributed by atoms with Crippen molar-refractivity contribution >= 4 is 17.5 Å². The van der Waals surface area contributed by atoms with Gasteiger partial charge in [0.05, 0.1) is 10.6 Å². The molecule has 134 valence electrons. The van der Waals surface area contributed by atoms with Gasteiger partial charge in [0.1, 0.15) is 0 Å². The van der Waals surface area contributed by atoms with Gasteiger partial charge in [0.25, 0.3) is 5.91 Å². The Labute approximate surface area is 156 Å². The summed E-state index contributed by atoms with van der Waals surface area (Å²) in [5, 5.41) is 3.66. The highest BCUT2D eigenvalue weighted by Crippen LogP contribution is 2.30. The number of nitrogens with zero attached hydrogens (tertiary/aromatic N) is 1. The molecule has 0 aliphatic heterocycles. The molecule has 0 aliphatic rings. The number of carbonyl (C=O) groups excluding carboxylic acids is 1. The zero-order valence-electron chi connectivity index (χ0n) is 15.4. The normalized spacial score (nSPS) is 14.8. The summed E-state index contributed by atoms with van der Waals surface area (Å²) in [6, 6.07) is 17.9. The first-order valence-corrected chi connectivity index (χ1v) is 9.10. The van der Waals surface area contributed by atoms with Crippen molar-refractivity contribution in [3.05, 3.63) is 70.7 Å². The van der Waals surface area contributed by atoms with Crippen LogP contribution in [0.5, 0.6) is 0 Å². The van der Waals surface area contributed by atoms with Gasteiger partial charge in [-0.05, 0) is 44.1 Å². The maximum Gasteiger partial charge on any atom is 0.253 e. The minimum atomic E-state index is -0.116. The zero-order chi connectivity index (χ0) is 18.4. The fraction of sp³-hybridized carbons (Fsp3) is 0.381. The van der Waals surface area contributed by atoms with E-state index in [0.717, 1.165) is 6.42 Å². The van der Waals surface area contributed by atoms with E-state index in [9.17, 15) is 4.79 Å². The number of carbonyl (C=O) groups is 1. The van der Waals surface area contributed by atoms with Crippen LogP contribution in [-0.2, 0) is 0 Å². The van der Waals surface area contributed by atoms with Crippen LogP contribution in [0.3, 0.4) is 0 Å². The Bertz CT molecular complexity index is 687. The van der Waals surface area contributed by atoms with Crippen LogP contribution in [0.4, 0.5) is 0 Å². The van der Waals surface area contributed by atoms with E-state index in [-0.39, 0.29) is 23.9 Å². The molecule has 2 rings (SSSR count). The molecule has 2 aromatic carbocycles. The van der Waals surface area contributed by atoms with Crippen LogP contribution in [0.15, 0.2) is 54.6 Å². The van der Waals surface area contributed by atoms with Gasteiger partial charge in [-0.1, -0.05) is 67.9 Å². The molecule has 0 heterocycles. The second-order valence-electron chi connectivity index (χ2n) is 6.65. The van der Waals surface area contributed by atoms with Gasteiger partial charge in [-0.2, -0.15) is 0 Å². The molecule has 0 aromatic heterocycles. The largest absolute Gasteiger partial charge is 0.349 e. The molecule has 0 bridgehead atoms. The van der Waals surface area contributed by atoms with E-state index in [1.807, 2.05) is 18.2 Å². The van der Waals surface area contributed by atoms with Crippen LogP contribution >= 0.6 is 11.6 Å². The summed E-state index contributed by atoms with van der Waals surface area (Å²) in [5.74, 6) is 0.128. The molecule has 0 saturated heterocycles. The molecule has 0 spiro atoms. The highest BCUT2D eigenvalue weighted by molar-refractivity contribution is 6.33. The van der Waals surface area contributed by atoms with Crippen molar-refractivity contribution in [1.82, 2.24) is 10.2 Å². The first-order chi connectivity index (χ1) is 12.0. The molecule has 0 aliphatic carbocycles. The number of rotatable bonds is 7. The van der Waals surface area contributed by atoms with Crippen molar-refractivity contribution in [2.75, 3.05) is 14.1 Å². The van der Waals surface area contributed by atoms with Crippen LogP contribution in [0.2, 0.25) is 5.02 Å². The standard InChI is InChI=1S/C21H27ClN2O/c1-5-19(23-21(25)17-13-9-10-14-18(17)22)15(2)20(24(3)4)16-11-7-6-8-12-16/h6-15,19-20H,5H2,1-4H3,(H,23,25). The second kappa shape index (κ2) is 9.02. The molecular formula is C21H27ClN2O. The van der Waals surface area contributed by atoms with Crippen molar-refractivity contribution in [2.45, 2.75) is 32.4 Å². The molecule has 25 heavy (non-hydrogen) atoms. The number of amides is 1. The smallest absolute Gasteiger partial charge is 0.253 e. The average Bonchev–Trinajstić information content (AvgIpc) is 2.60. The number of nitrogens with one attached hydrogen (secondary N) is 1. The molecule has 0 fully saturated rings. The number of hydrogen-bond donors (Lipinski definition) is 1. The Hall–Kier alpha value is -1.84. The molecule has 1 amide bonds. The fourth-order valence-corrected chi connectivity index (χ4v) is 3.66. The Morgan fingerprint density at radius 2 is 1.68 bits per heavy atom. The molecule has 4 heteroatoms. The zero-order valence-corrected chi connectivity index (χ0v) is 16.1. The molecule has 3 atom stereocenters. The van der Waals surface area contributed by atoms with Gasteiger partial charge >= 0.3 is 0 Å². The fourth-order valence-electron chi connectivity index (χ4n) is 3.44. The Morgan fingerprint density at radius 3 is 2.24 bits per heavy atom. The third kappa shape index (κ3) is 4.83. The van der Waals surface area contributed by atoms with E-state index in [1.54, 1.807) is 12.1 Å². The monoisotopic (exact) mass is 358 g/mol. The van der Waals surface area contributed by atoms with Gasteiger partial charge in [0, 0.05) is 12.1 Å². The lowest BCUT2D eigenvalue weighted by Gasteiger charge is -2.35. The predicted molar refractivity (Wildman–Crippen MR) is 105 cm³/mol. The summed E-state index contributed by atoms with van der Waals surface area (Å²) in [6.07, 6.45) is 0.856. The van der Waals surface area contributed by atoms with E-state index >= 15 is 0 Å². The van der Waals surface area contributed by atoms with Gasteiger partial charge in [-0.25, -0.2) is 0 Å². The van der Waals surface area contributed by atoms with Gasteiger partial charge < -0.3 is 10.2 Å². The van der Waals surface area contributed by atoms with E-state index in [2.05, 4.69) is 62.4 Å². The Balaban J connectivity index is 2.20. The van der Waals surface area contributed by atoms with Crippen molar-refractivity contribution in [3.8, 4) is 0 Å². The summed E-state index contributed by atoms with van der Waals surface area (Å²) in [4.78, 5) is 14.9. The van der Waals surface area contributed by atoms with E-state index < -0.39 is 0 Å². The van der Waals surface area contributed by atoms with Crippen molar-refractivity contribution in [1.29, 1.82) is 0 Å². The van der Waals surface area contributed by atoms with Gasteiger partial charge in [-0.15, -0.1) is 0 Å². The maximum absolute atomic E-state index is 12.7. The van der Waals surface area contributed by atoms with Crippen LogP contribution in [0.1, 0.15) is 42.2 Å². The maximum atomic E-state index is 12.7. The van der Waals surface area contributed by atoms with Crippen LogP contribution in [0, 0.1) is 5.92 Å². The Kier molecular flexibility index (Phi) is 7.03. The lowest BCUT2D eigenvalue weighted by atomic mass is 9.86. The molecule has 0 radical (unpaired) electrons. The lowest BCUT2D eigenvalue weighted by molar-refractivity contribution is 0.0897. The summed E-state index contributed by atoms with van der Waals surface area (Å²) in [7, 11) is 4.16. The van der Waals surface area contributed by atoms with Gasteiger partial charge in [0.2, 0.25) is 0 Å². The third-order valence-corrected chi connectivity index (χ3v) is 5.03. The number of halogens is 1. The van der Waals surface area contributed by atoms with Crippen LogP contribution in [-0.4, -0.2) is 30.9 Å². The molecular weight excluding hydrogens is 332 g/mol. The third-order valence-electron chi connectivity index (χ3n) is 4.70. The molecule has 3 nitrogen and oxygen atoms in total. The summed E-state index contributed by atoms with van der Waals surface area (Å²) >= 11 is 6.17. The first kappa shape index (κ1) is 19.5. The topological polar surface area (TPSA) is 32.3 Å². The van der Waals surface area contributed by atoms with Gasteiger partial charge in [0.15, 0.2) is 0 Å². The van der Waals surface area contributed by atoms with E-state index in [1.165, 1.54) is 5.56 Å².